The molecule has 4 nitrogen and oxygen atoms in total. The fourth-order valence-corrected chi connectivity index (χ4v) is 1.09. The number of likely N-dealkylation sites (N-methyl/N-ethyl adjacent to an activating group) is 1. The van der Waals surface area contributed by atoms with E-state index in [0.29, 0.717) is 11.6 Å². The van der Waals surface area contributed by atoms with E-state index in [1.165, 1.54) is 5.01 Å². The van der Waals surface area contributed by atoms with Gasteiger partial charge in [0.2, 0.25) is 0 Å². The van der Waals surface area contributed by atoms with E-state index in [1.54, 1.807) is 7.05 Å². The third kappa shape index (κ3) is 1.21. The Morgan fingerprint density at radius 3 is 2.80 bits per heavy atom. The van der Waals surface area contributed by atoms with Gasteiger partial charge in [-0.1, -0.05) is 11.6 Å². The van der Waals surface area contributed by atoms with Crippen molar-refractivity contribution < 1.29 is 9.90 Å². The first kappa shape index (κ1) is 7.34. The summed E-state index contributed by atoms with van der Waals surface area (Å²) in [5, 5.41) is 14.0. The Labute approximate surface area is 63.1 Å². The van der Waals surface area contributed by atoms with Crippen molar-refractivity contribution in [3.8, 4) is 0 Å². The number of halogens is 1. The van der Waals surface area contributed by atoms with E-state index in [4.69, 9.17) is 16.7 Å². The van der Waals surface area contributed by atoms with Gasteiger partial charge in [0.25, 0.3) is 0 Å². The molecule has 0 spiro atoms. The molecule has 1 atom stereocenters. The van der Waals surface area contributed by atoms with Gasteiger partial charge in [-0.25, -0.2) is 4.79 Å². The van der Waals surface area contributed by atoms with E-state index in [0.717, 1.165) is 0 Å². The van der Waals surface area contributed by atoms with Crippen LogP contribution in [0.25, 0.3) is 0 Å². The second-order valence-corrected chi connectivity index (χ2v) is 2.54. The molecule has 0 aromatic carbocycles. The van der Waals surface area contributed by atoms with Crippen LogP contribution in [0, 0.1) is 0 Å². The topological polar surface area (TPSA) is 52.9 Å². The zero-order valence-corrected chi connectivity index (χ0v) is 6.17. The van der Waals surface area contributed by atoms with Crippen molar-refractivity contribution in [1.82, 2.24) is 5.01 Å². The predicted octanol–water partition coefficient (Wildman–Crippen LogP) is 0.327. The normalized spacial score (nSPS) is 24.8. The Hall–Kier alpha value is -0.770. The number of carboxylic acids is 1. The van der Waals surface area contributed by atoms with E-state index in [-0.39, 0.29) is 0 Å². The van der Waals surface area contributed by atoms with Crippen LogP contribution in [0.4, 0.5) is 0 Å². The van der Waals surface area contributed by atoms with Crippen molar-refractivity contribution in [2.45, 2.75) is 12.5 Å². The number of hydrazone groups is 1. The highest BCUT2D eigenvalue weighted by Gasteiger charge is 2.28. The molecule has 1 unspecified atom stereocenters. The molecule has 1 heterocycles. The van der Waals surface area contributed by atoms with Crippen LogP contribution in [0.5, 0.6) is 0 Å². The Morgan fingerprint density at radius 2 is 2.60 bits per heavy atom. The predicted molar refractivity (Wildman–Crippen MR) is 37.1 cm³/mol. The number of rotatable bonds is 1. The highest BCUT2D eigenvalue weighted by molar-refractivity contribution is 6.65. The third-order valence-corrected chi connectivity index (χ3v) is 1.59. The molecule has 10 heavy (non-hydrogen) atoms. The first-order valence-corrected chi connectivity index (χ1v) is 3.17. The van der Waals surface area contributed by atoms with E-state index in [1.807, 2.05) is 0 Å². The van der Waals surface area contributed by atoms with Crippen LogP contribution in [0.1, 0.15) is 6.42 Å². The van der Waals surface area contributed by atoms with Crippen LogP contribution in [-0.4, -0.2) is 34.3 Å². The quantitative estimate of drug-likeness (QED) is 0.605. The number of carbonyl (C=O) groups is 1. The lowest BCUT2D eigenvalue weighted by molar-refractivity contribution is -0.141. The Bertz CT molecular complexity index is 192. The number of aliphatic carboxylic acids is 1. The summed E-state index contributed by atoms with van der Waals surface area (Å²) in [6.45, 7) is 0. The molecule has 0 bridgehead atoms. The first-order chi connectivity index (χ1) is 4.61. The summed E-state index contributed by atoms with van der Waals surface area (Å²) in [6.07, 6.45) is 0.313. The molecule has 0 radical (unpaired) electrons. The molecule has 0 saturated heterocycles. The standard InChI is InChI=1S/C5H7ClN2O2/c1-8-3(5(9)10)2-4(6)7-8/h3H,2H2,1H3,(H,9,10). The molecule has 1 aliphatic rings. The van der Waals surface area contributed by atoms with Gasteiger partial charge >= 0.3 is 5.97 Å². The van der Waals surface area contributed by atoms with E-state index >= 15 is 0 Å². The summed E-state index contributed by atoms with van der Waals surface area (Å²) in [7, 11) is 1.59. The second kappa shape index (κ2) is 2.46. The van der Waals surface area contributed by atoms with E-state index < -0.39 is 12.0 Å². The van der Waals surface area contributed by atoms with Gasteiger partial charge in [0.05, 0.1) is 0 Å². The van der Waals surface area contributed by atoms with Gasteiger partial charge in [-0.3, -0.25) is 5.01 Å². The number of hydrogen-bond donors (Lipinski definition) is 1. The Morgan fingerprint density at radius 1 is 2.00 bits per heavy atom. The van der Waals surface area contributed by atoms with E-state index in [2.05, 4.69) is 5.10 Å². The molecule has 5 heteroatoms. The van der Waals surface area contributed by atoms with Crippen LogP contribution in [0.2, 0.25) is 0 Å². The summed E-state index contributed by atoms with van der Waals surface area (Å²) in [6, 6.07) is -0.576. The molecule has 0 fully saturated rings. The van der Waals surface area contributed by atoms with Gasteiger partial charge in [-0.05, 0) is 0 Å². The van der Waals surface area contributed by atoms with Gasteiger partial charge < -0.3 is 5.11 Å². The van der Waals surface area contributed by atoms with Crippen molar-refractivity contribution in [3.05, 3.63) is 0 Å². The lowest BCUT2D eigenvalue weighted by Gasteiger charge is -2.12. The molecule has 1 rings (SSSR count). The maximum atomic E-state index is 10.4. The minimum absolute atomic E-state index is 0.313. The average molecular weight is 163 g/mol. The van der Waals surface area contributed by atoms with Crippen molar-refractivity contribution in [2.75, 3.05) is 7.05 Å². The van der Waals surface area contributed by atoms with Crippen molar-refractivity contribution in [1.29, 1.82) is 0 Å². The molecule has 0 amide bonds. The van der Waals surface area contributed by atoms with Crippen molar-refractivity contribution >= 4 is 22.7 Å². The van der Waals surface area contributed by atoms with Crippen LogP contribution < -0.4 is 0 Å². The van der Waals surface area contributed by atoms with Crippen LogP contribution in [0.15, 0.2) is 5.10 Å². The van der Waals surface area contributed by atoms with Crippen molar-refractivity contribution in [3.63, 3.8) is 0 Å². The molecule has 0 aromatic rings. The summed E-state index contributed by atoms with van der Waals surface area (Å²) < 4.78 is 0. The summed E-state index contributed by atoms with van der Waals surface area (Å²) in [5.41, 5.74) is 0. The highest BCUT2D eigenvalue weighted by atomic mass is 35.5. The van der Waals surface area contributed by atoms with Gasteiger partial charge in [0.1, 0.15) is 5.17 Å². The molecule has 56 valence electrons. The largest absolute Gasteiger partial charge is 0.480 e. The summed E-state index contributed by atoms with van der Waals surface area (Å²) in [4.78, 5) is 10.4. The lowest BCUT2D eigenvalue weighted by Crippen LogP contribution is -2.30. The van der Waals surface area contributed by atoms with Gasteiger partial charge in [0.15, 0.2) is 6.04 Å². The lowest BCUT2D eigenvalue weighted by atomic mass is 10.2. The number of nitrogens with zero attached hydrogens (tertiary/aromatic N) is 2. The average Bonchev–Trinajstić information content (AvgIpc) is 2.10. The zero-order valence-electron chi connectivity index (χ0n) is 5.41. The van der Waals surface area contributed by atoms with Gasteiger partial charge in [-0.15, -0.1) is 0 Å². The summed E-state index contributed by atoms with van der Waals surface area (Å²) in [5.74, 6) is -0.887. The number of carboxylic acid groups (broad SMARTS) is 1. The molecular formula is C5H7ClN2O2. The molecular weight excluding hydrogens is 156 g/mol. The van der Waals surface area contributed by atoms with Gasteiger partial charge in [0, 0.05) is 13.5 Å². The smallest absolute Gasteiger partial charge is 0.328 e. The van der Waals surface area contributed by atoms with Crippen LogP contribution in [0.3, 0.4) is 0 Å². The summed E-state index contributed by atoms with van der Waals surface area (Å²) >= 11 is 5.49. The fraction of sp³-hybridized carbons (Fsp3) is 0.600. The molecule has 1 N–H and O–H groups in total. The SMILES string of the molecule is CN1N=C(Cl)CC1C(=O)O. The zero-order chi connectivity index (χ0) is 7.72. The molecule has 0 aliphatic carbocycles. The first-order valence-electron chi connectivity index (χ1n) is 2.80. The minimum atomic E-state index is -0.887. The molecule has 0 aromatic heterocycles. The monoisotopic (exact) mass is 162 g/mol. The minimum Gasteiger partial charge on any atom is -0.480 e. The van der Waals surface area contributed by atoms with E-state index in [9.17, 15) is 4.79 Å². The van der Waals surface area contributed by atoms with Gasteiger partial charge in [-0.2, -0.15) is 5.10 Å². The maximum Gasteiger partial charge on any atom is 0.328 e. The van der Waals surface area contributed by atoms with Crippen molar-refractivity contribution in [2.24, 2.45) is 5.10 Å². The fourth-order valence-electron chi connectivity index (χ4n) is 0.820. The molecule has 0 saturated carbocycles. The third-order valence-electron chi connectivity index (χ3n) is 1.36. The Kier molecular flexibility index (Phi) is 1.80. The van der Waals surface area contributed by atoms with Crippen LogP contribution >= 0.6 is 11.6 Å². The maximum absolute atomic E-state index is 10.4. The van der Waals surface area contributed by atoms with Crippen LogP contribution in [-0.2, 0) is 4.79 Å². The second-order valence-electron chi connectivity index (χ2n) is 2.11. The number of hydrogen-bond acceptors (Lipinski definition) is 3. The Balaban J connectivity index is 2.63. The molecule has 1 aliphatic heterocycles. The highest BCUT2D eigenvalue weighted by Crippen LogP contribution is 2.14.